The fourth-order valence-corrected chi connectivity index (χ4v) is 2.52. The van der Waals surface area contributed by atoms with E-state index in [1.165, 1.54) is 0 Å². The number of carbonyl (C=O) groups is 2. The molecule has 7 heteroatoms. The lowest BCUT2D eigenvalue weighted by molar-refractivity contribution is 0.0640. The molecule has 0 spiro atoms. The second-order valence-corrected chi connectivity index (χ2v) is 5.40. The van der Waals surface area contributed by atoms with E-state index in [1.54, 1.807) is 41.1 Å². The lowest BCUT2D eigenvalue weighted by Gasteiger charge is -2.36. The quantitative estimate of drug-likeness (QED) is 0.864. The minimum Gasteiger partial charge on any atom is -0.397 e. The zero-order chi connectivity index (χ0) is 15.6. The molecule has 0 unspecified atom stereocenters. The fraction of sp³-hybridized carbons (Fsp3) is 0.571. The van der Waals surface area contributed by atoms with Gasteiger partial charge >= 0.3 is 6.03 Å². The van der Waals surface area contributed by atoms with Gasteiger partial charge in [-0.3, -0.25) is 4.79 Å². The number of nitrogens with two attached hydrogens (primary N) is 1. The Labute approximate surface area is 124 Å². The Bertz CT molecular complexity index is 529. The number of hydrogen-bond donors (Lipinski definition) is 1. The van der Waals surface area contributed by atoms with Gasteiger partial charge in [0.05, 0.1) is 5.69 Å². The number of nitrogen functional groups attached to an aromatic ring is 1. The van der Waals surface area contributed by atoms with E-state index in [0.717, 1.165) is 0 Å². The van der Waals surface area contributed by atoms with E-state index in [2.05, 4.69) is 0 Å². The van der Waals surface area contributed by atoms with Crippen molar-refractivity contribution in [1.82, 2.24) is 19.3 Å². The van der Waals surface area contributed by atoms with Crippen LogP contribution in [0, 0.1) is 0 Å². The van der Waals surface area contributed by atoms with Crippen LogP contribution in [0.3, 0.4) is 0 Å². The number of piperazine rings is 1. The van der Waals surface area contributed by atoms with E-state index < -0.39 is 0 Å². The second kappa shape index (κ2) is 6.07. The number of amides is 3. The van der Waals surface area contributed by atoms with Crippen LogP contribution in [0.2, 0.25) is 0 Å². The molecule has 2 N–H and O–H groups in total. The van der Waals surface area contributed by atoms with Crippen molar-refractivity contribution < 1.29 is 9.59 Å². The molecule has 7 nitrogen and oxygen atoms in total. The van der Waals surface area contributed by atoms with Crippen molar-refractivity contribution in [2.45, 2.75) is 13.5 Å². The highest BCUT2D eigenvalue weighted by Gasteiger charge is 2.26. The fourth-order valence-electron chi connectivity index (χ4n) is 2.52. The monoisotopic (exact) mass is 293 g/mol. The van der Waals surface area contributed by atoms with Crippen LogP contribution in [-0.4, -0.2) is 71.5 Å². The number of nitrogens with zero attached hydrogens (tertiary/aromatic N) is 4. The molecule has 1 fully saturated rings. The van der Waals surface area contributed by atoms with Crippen LogP contribution in [0.5, 0.6) is 0 Å². The topological polar surface area (TPSA) is 74.8 Å². The highest BCUT2D eigenvalue weighted by molar-refractivity contribution is 5.94. The van der Waals surface area contributed by atoms with E-state index in [0.29, 0.717) is 44.1 Å². The molecule has 1 aromatic rings. The Hall–Kier alpha value is -2.18. The number of carbonyl (C=O) groups excluding carboxylic acids is 2. The number of hydrogen-bond acceptors (Lipinski definition) is 3. The molecule has 3 amide bonds. The number of urea groups is 1. The maximum absolute atomic E-state index is 12.5. The summed E-state index contributed by atoms with van der Waals surface area (Å²) in [7, 11) is 3.47. The first-order chi connectivity index (χ1) is 9.93. The summed E-state index contributed by atoms with van der Waals surface area (Å²) < 4.78 is 1.86. The largest absolute Gasteiger partial charge is 0.397 e. The molecule has 0 aliphatic carbocycles. The molecule has 1 aliphatic rings. The highest BCUT2D eigenvalue weighted by Crippen LogP contribution is 2.15. The summed E-state index contributed by atoms with van der Waals surface area (Å²) in [6.45, 7) is 4.90. The Morgan fingerprint density at radius 3 is 2.29 bits per heavy atom. The number of rotatable bonds is 2. The first-order valence-corrected chi connectivity index (χ1v) is 7.15. The second-order valence-electron chi connectivity index (χ2n) is 5.40. The van der Waals surface area contributed by atoms with Crippen molar-refractivity contribution >= 4 is 17.6 Å². The minimum atomic E-state index is -0.0227. The molecular formula is C14H23N5O2. The predicted octanol–water partition coefficient (Wildman–Crippen LogP) is 0.530. The number of aryl methyl sites for hydroxylation is 1. The van der Waals surface area contributed by atoms with E-state index >= 15 is 0 Å². The summed E-state index contributed by atoms with van der Waals surface area (Å²) in [6, 6.07) is 1.70. The van der Waals surface area contributed by atoms with Crippen LogP contribution in [0.4, 0.5) is 10.5 Å². The highest BCUT2D eigenvalue weighted by atomic mass is 16.2. The lowest BCUT2D eigenvalue weighted by Crippen LogP contribution is -2.53. The van der Waals surface area contributed by atoms with E-state index in [9.17, 15) is 9.59 Å². The van der Waals surface area contributed by atoms with Gasteiger partial charge in [0.15, 0.2) is 0 Å². The molecule has 1 aliphatic heterocycles. The zero-order valence-corrected chi connectivity index (χ0v) is 12.9. The maximum atomic E-state index is 12.5. The third-order valence-electron chi connectivity index (χ3n) is 3.70. The Morgan fingerprint density at radius 1 is 1.19 bits per heavy atom. The molecule has 0 atom stereocenters. The van der Waals surface area contributed by atoms with Crippen LogP contribution >= 0.6 is 0 Å². The van der Waals surface area contributed by atoms with Crippen molar-refractivity contribution in [3.8, 4) is 0 Å². The van der Waals surface area contributed by atoms with E-state index in [4.69, 9.17) is 5.73 Å². The number of aromatic nitrogens is 1. The summed E-state index contributed by atoms with van der Waals surface area (Å²) >= 11 is 0. The molecule has 1 aromatic heterocycles. The summed E-state index contributed by atoms with van der Waals surface area (Å²) in [5.74, 6) is -0.0227. The van der Waals surface area contributed by atoms with Crippen LogP contribution in [0.25, 0.3) is 0 Å². The summed E-state index contributed by atoms with van der Waals surface area (Å²) in [5.41, 5.74) is 6.98. The van der Waals surface area contributed by atoms with E-state index in [1.807, 2.05) is 11.5 Å². The van der Waals surface area contributed by atoms with Gasteiger partial charge in [0, 0.05) is 53.0 Å². The first-order valence-electron chi connectivity index (χ1n) is 7.15. The average molecular weight is 293 g/mol. The zero-order valence-electron chi connectivity index (χ0n) is 12.9. The van der Waals surface area contributed by atoms with Crippen molar-refractivity contribution in [3.63, 3.8) is 0 Å². The smallest absolute Gasteiger partial charge is 0.319 e. The van der Waals surface area contributed by atoms with Gasteiger partial charge in [0.2, 0.25) is 0 Å². The van der Waals surface area contributed by atoms with Gasteiger partial charge in [-0.05, 0) is 13.0 Å². The van der Waals surface area contributed by atoms with Gasteiger partial charge in [-0.1, -0.05) is 0 Å². The Balaban J connectivity index is 2.02. The van der Waals surface area contributed by atoms with Crippen LogP contribution in [0.15, 0.2) is 12.3 Å². The SMILES string of the molecule is CCn1cc(N)cc1C(=O)N1CCN(C(=O)N(C)C)CC1. The first kappa shape index (κ1) is 15.2. The Morgan fingerprint density at radius 2 is 1.76 bits per heavy atom. The molecule has 0 bridgehead atoms. The van der Waals surface area contributed by atoms with Crippen LogP contribution in [-0.2, 0) is 6.54 Å². The minimum absolute atomic E-state index is 0.0109. The van der Waals surface area contributed by atoms with Gasteiger partial charge in [0.25, 0.3) is 5.91 Å². The molecule has 2 heterocycles. The predicted molar refractivity (Wildman–Crippen MR) is 81.1 cm³/mol. The van der Waals surface area contributed by atoms with Crippen molar-refractivity contribution in [1.29, 1.82) is 0 Å². The normalized spacial score (nSPS) is 15.2. The van der Waals surface area contributed by atoms with E-state index in [-0.39, 0.29) is 11.9 Å². The van der Waals surface area contributed by atoms with Crippen LogP contribution in [0.1, 0.15) is 17.4 Å². The third kappa shape index (κ3) is 3.12. The van der Waals surface area contributed by atoms with Gasteiger partial charge in [0.1, 0.15) is 5.69 Å². The molecule has 0 aromatic carbocycles. The van der Waals surface area contributed by atoms with Crippen molar-refractivity contribution in [2.75, 3.05) is 46.0 Å². The average Bonchev–Trinajstić information content (AvgIpc) is 2.86. The lowest BCUT2D eigenvalue weighted by atomic mass is 10.2. The summed E-state index contributed by atoms with van der Waals surface area (Å²) in [4.78, 5) is 29.5. The molecule has 116 valence electrons. The molecule has 0 radical (unpaired) electrons. The van der Waals surface area contributed by atoms with Gasteiger partial charge in [-0.25, -0.2) is 4.79 Å². The van der Waals surface area contributed by atoms with Crippen molar-refractivity contribution in [2.24, 2.45) is 0 Å². The van der Waals surface area contributed by atoms with Gasteiger partial charge < -0.3 is 25.0 Å². The van der Waals surface area contributed by atoms with Gasteiger partial charge in [-0.15, -0.1) is 0 Å². The summed E-state index contributed by atoms with van der Waals surface area (Å²) in [6.07, 6.45) is 1.78. The van der Waals surface area contributed by atoms with Gasteiger partial charge in [-0.2, -0.15) is 0 Å². The standard InChI is InChI=1S/C14H23N5O2/c1-4-17-10-11(15)9-12(17)13(20)18-5-7-19(8-6-18)14(21)16(2)3/h9-10H,4-8,15H2,1-3H3. The molecular weight excluding hydrogens is 270 g/mol. The van der Waals surface area contributed by atoms with Crippen LogP contribution < -0.4 is 5.73 Å². The Kier molecular flexibility index (Phi) is 4.40. The number of anilines is 1. The maximum Gasteiger partial charge on any atom is 0.319 e. The molecule has 0 saturated carbocycles. The molecule has 21 heavy (non-hydrogen) atoms. The van der Waals surface area contributed by atoms with Crippen molar-refractivity contribution in [3.05, 3.63) is 18.0 Å². The third-order valence-corrected chi connectivity index (χ3v) is 3.70. The molecule has 2 rings (SSSR count). The summed E-state index contributed by atoms with van der Waals surface area (Å²) in [5, 5.41) is 0. The molecule has 1 saturated heterocycles.